The molecule has 0 saturated heterocycles. The van der Waals surface area contributed by atoms with E-state index in [0.717, 1.165) is 0 Å². The van der Waals surface area contributed by atoms with E-state index in [1.54, 1.807) is 6.92 Å². The molecule has 0 unspecified atom stereocenters. The fraction of sp³-hybridized carbons (Fsp3) is 0.182. The van der Waals surface area contributed by atoms with Crippen LogP contribution in [-0.4, -0.2) is 12.6 Å². The van der Waals surface area contributed by atoms with Crippen molar-refractivity contribution < 1.29 is 13.9 Å². The summed E-state index contributed by atoms with van der Waals surface area (Å²) >= 11 is 5.70. The second-order valence-corrected chi connectivity index (χ2v) is 2.97. The number of rotatable bonds is 1. The smallest absolute Gasteiger partial charge is 0.384 e. The highest BCUT2D eigenvalue weighted by atomic mass is 35.5. The molecule has 0 aromatic heterocycles. The van der Waals surface area contributed by atoms with Gasteiger partial charge in [0.15, 0.2) is 0 Å². The molecule has 1 rings (SSSR count). The highest BCUT2D eigenvalue weighted by Gasteiger charge is 2.03. The van der Waals surface area contributed by atoms with Crippen molar-refractivity contribution in [1.82, 2.24) is 0 Å². The molecule has 0 atom stereocenters. The van der Waals surface area contributed by atoms with Crippen molar-refractivity contribution in [3.63, 3.8) is 0 Å². The van der Waals surface area contributed by atoms with Gasteiger partial charge < -0.3 is 4.74 Å². The van der Waals surface area contributed by atoms with Gasteiger partial charge in [0.1, 0.15) is 5.82 Å². The summed E-state index contributed by atoms with van der Waals surface area (Å²) in [6.07, 6.45) is 0. The van der Waals surface area contributed by atoms with Crippen LogP contribution in [0.25, 0.3) is 0 Å². The molecule has 0 aliphatic heterocycles. The Bertz CT molecular complexity index is 412. The first kappa shape index (κ1) is 11.5. The van der Waals surface area contributed by atoms with Crippen molar-refractivity contribution in [2.75, 3.05) is 6.61 Å². The second-order valence-electron chi connectivity index (χ2n) is 2.57. The highest BCUT2D eigenvalue weighted by molar-refractivity contribution is 6.31. The lowest BCUT2D eigenvalue weighted by Crippen LogP contribution is -1.99. The lowest BCUT2D eigenvalue weighted by molar-refractivity contribution is -0.136. The Kier molecular flexibility index (Phi) is 4.14. The van der Waals surface area contributed by atoms with Crippen molar-refractivity contribution in [1.29, 1.82) is 0 Å². The Balaban J connectivity index is 2.93. The van der Waals surface area contributed by atoms with E-state index in [9.17, 15) is 9.18 Å². The molecule has 0 aliphatic rings. The topological polar surface area (TPSA) is 26.3 Å². The molecular weight excluding hydrogens is 219 g/mol. The number of benzene rings is 1. The molecular formula is C11H8ClFO2. The predicted molar refractivity (Wildman–Crippen MR) is 54.9 cm³/mol. The van der Waals surface area contributed by atoms with Crippen LogP contribution in [0.15, 0.2) is 18.2 Å². The van der Waals surface area contributed by atoms with Gasteiger partial charge in [-0.3, -0.25) is 0 Å². The van der Waals surface area contributed by atoms with Crippen LogP contribution in [0.1, 0.15) is 12.5 Å². The maximum Gasteiger partial charge on any atom is 0.384 e. The largest absolute Gasteiger partial charge is 0.456 e. The van der Waals surface area contributed by atoms with Crippen molar-refractivity contribution in [3.05, 3.63) is 34.6 Å². The van der Waals surface area contributed by atoms with E-state index in [1.165, 1.54) is 18.2 Å². The number of carbonyl (C=O) groups is 1. The molecule has 0 saturated carbocycles. The quantitative estimate of drug-likeness (QED) is 0.543. The van der Waals surface area contributed by atoms with Gasteiger partial charge in [-0.2, -0.15) is 0 Å². The van der Waals surface area contributed by atoms with Crippen molar-refractivity contribution in [2.24, 2.45) is 0 Å². The normalized spacial score (nSPS) is 9.00. The third-order valence-corrected chi connectivity index (χ3v) is 1.84. The number of ether oxygens (including phenoxy) is 1. The Labute approximate surface area is 92.0 Å². The molecule has 4 heteroatoms. The van der Waals surface area contributed by atoms with Gasteiger partial charge >= 0.3 is 5.97 Å². The number of carbonyl (C=O) groups excluding carboxylic acids is 1. The van der Waals surface area contributed by atoms with Gasteiger partial charge in [-0.15, -0.1) is 0 Å². The molecule has 0 aliphatic carbocycles. The van der Waals surface area contributed by atoms with Crippen LogP contribution in [0.5, 0.6) is 0 Å². The summed E-state index contributed by atoms with van der Waals surface area (Å²) in [5.41, 5.74) is 0.00668. The molecule has 78 valence electrons. The average Bonchev–Trinajstić information content (AvgIpc) is 2.17. The average molecular weight is 227 g/mol. The lowest BCUT2D eigenvalue weighted by atomic mass is 10.2. The van der Waals surface area contributed by atoms with Gasteiger partial charge in [-0.25, -0.2) is 9.18 Å². The molecule has 0 fully saturated rings. The standard InChI is InChI=1S/C11H8ClFO2/c1-2-15-11(14)7-6-8-9(12)4-3-5-10(8)13/h3-5H,2H2,1H3. The summed E-state index contributed by atoms with van der Waals surface area (Å²) in [6.45, 7) is 1.90. The minimum atomic E-state index is -0.697. The summed E-state index contributed by atoms with van der Waals surface area (Å²) in [7, 11) is 0. The van der Waals surface area contributed by atoms with Gasteiger partial charge in [0.2, 0.25) is 0 Å². The molecule has 0 bridgehead atoms. The van der Waals surface area contributed by atoms with Gasteiger partial charge in [-0.05, 0) is 19.1 Å². The SMILES string of the molecule is CCOC(=O)C#Cc1c(F)cccc1Cl. The van der Waals surface area contributed by atoms with E-state index in [2.05, 4.69) is 16.6 Å². The molecule has 0 N–H and O–H groups in total. The van der Waals surface area contributed by atoms with Crippen molar-refractivity contribution >= 4 is 17.6 Å². The van der Waals surface area contributed by atoms with Crippen LogP contribution < -0.4 is 0 Å². The molecule has 1 aromatic carbocycles. The van der Waals surface area contributed by atoms with E-state index < -0.39 is 11.8 Å². The van der Waals surface area contributed by atoms with E-state index in [4.69, 9.17) is 11.6 Å². The minimum Gasteiger partial charge on any atom is -0.456 e. The Morgan fingerprint density at radius 1 is 1.60 bits per heavy atom. The summed E-state index contributed by atoms with van der Waals surface area (Å²) in [4.78, 5) is 10.9. The summed E-state index contributed by atoms with van der Waals surface area (Å²) in [6, 6.07) is 4.19. The van der Waals surface area contributed by atoms with Crippen LogP contribution in [0.4, 0.5) is 4.39 Å². The molecule has 0 spiro atoms. The number of esters is 1. The van der Waals surface area contributed by atoms with E-state index in [-0.39, 0.29) is 17.2 Å². The van der Waals surface area contributed by atoms with Crippen molar-refractivity contribution in [2.45, 2.75) is 6.92 Å². The van der Waals surface area contributed by atoms with Gasteiger partial charge in [-0.1, -0.05) is 23.6 Å². The third kappa shape index (κ3) is 3.26. The minimum absolute atomic E-state index is 0.00668. The predicted octanol–water partition coefficient (Wildman–Crippen LogP) is 2.39. The molecule has 0 heterocycles. The number of halogens is 2. The Morgan fingerprint density at radius 3 is 2.93 bits per heavy atom. The maximum atomic E-state index is 13.1. The molecule has 0 amide bonds. The van der Waals surface area contributed by atoms with E-state index in [1.807, 2.05) is 0 Å². The van der Waals surface area contributed by atoms with Crippen LogP contribution in [0.2, 0.25) is 5.02 Å². The monoisotopic (exact) mass is 226 g/mol. The lowest BCUT2D eigenvalue weighted by Gasteiger charge is -1.96. The number of hydrogen-bond donors (Lipinski definition) is 0. The molecule has 15 heavy (non-hydrogen) atoms. The highest BCUT2D eigenvalue weighted by Crippen LogP contribution is 2.17. The van der Waals surface area contributed by atoms with Crippen LogP contribution in [0.3, 0.4) is 0 Å². The zero-order valence-electron chi connectivity index (χ0n) is 8.01. The van der Waals surface area contributed by atoms with Crippen molar-refractivity contribution in [3.8, 4) is 11.8 Å². The zero-order chi connectivity index (χ0) is 11.3. The first-order chi connectivity index (χ1) is 7.15. The second kappa shape index (κ2) is 5.38. The zero-order valence-corrected chi connectivity index (χ0v) is 8.77. The number of hydrogen-bond acceptors (Lipinski definition) is 2. The first-order valence-corrected chi connectivity index (χ1v) is 4.65. The van der Waals surface area contributed by atoms with Gasteiger partial charge in [0.05, 0.1) is 17.2 Å². The fourth-order valence-electron chi connectivity index (χ4n) is 0.898. The summed E-state index contributed by atoms with van der Waals surface area (Å²) in [5, 5.41) is 0.173. The Morgan fingerprint density at radius 2 is 2.33 bits per heavy atom. The summed E-state index contributed by atoms with van der Waals surface area (Å²) in [5.74, 6) is 3.23. The maximum absolute atomic E-state index is 13.1. The van der Waals surface area contributed by atoms with Crippen LogP contribution in [0, 0.1) is 17.7 Å². The van der Waals surface area contributed by atoms with E-state index >= 15 is 0 Å². The van der Waals surface area contributed by atoms with E-state index in [0.29, 0.717) is 0 Å². The first-order valence-electron chi connectivity index (χ1n) is 4.28. The van der Waals surface area contributed by atoms with Gasteiger partial charge in [0, 0.05) is 5.92 Å². The Hall–Kier alpha value is -1.53. The van der Waals surface area contributed by atoms with Crippen LogP contribution >= 0.6 is 11.6 Å². The molecule has 2 nitrogen and oxygen atoms in total. The fourth-order valence-corrected chi connectivity index (χ4v) is 1.11. The summed E-state index contributed by atoms with van der Waals surface area (Å²) < 4.78 is 17.7. The molecule has 0 radical (unpaired) electrons. The third-order valence-electron chi connectivity index (χ3n) is 1.53. The van der Waals surface area contributed by atoms with Crippen LogP contribution in [-0.2, 0) is 9.53 Å². The molecule has 1 aromatic rings. The van der Waals surface area contributed by atoms with Gasteiger partial charge in [0.25, 0.3) is 0 Å².